The van der Waals surface area contributed by atoms with Gasteiger partial charge in [0.2, 0.25) is 5.91 Å². The lowest BCUT2D eigenvalue weighted by molar-refractivity contribution is -0.135. The predicted octanol–water partition coefficient (Wildman–Crippen LogP) is 2.95. The van der Waals surface area contributed by atoms with Crippen LogP contribution in [-0.4, -0.2) is 81.3 Å². The van der Waals surface area contributed by atoms with Gasteiger partial charge in [0.15, 0.2) is 5.82 Å². The molecule has 2 N–H and O–H groups in total. The summed E-state index contributed by atoms with van der Waals surface area (Å²) >= 11 is 0. The summed E-state index contributed by atoms with van der Waals surface area (Å²) in [5, 5.41) is 11.8. The number of hydrogen-bond donors (Lipinski definition) is 2. The molecular weight excluding hydrogens is 527 g/mol. The number of aromatic nitrogens is 4. The molecule has 214 valence electrons. The largest absolute Gasteiger partial charge is 0.463 e. The fourth-order valence-corrected chi connectivity index (χ4v) is 5.75. The zero-order chi connectivity index (χ0) is 28.8. The van der Waals surface area contributed by atoms with Crippen molar-refractivity contribution in [2.45, 2.75) is 32.9 Å². The third-order valence-electron chi connectivity index (χ3n) is 7.63. The summed E-state index contributed by atoms with van der Waals surface area (Å²) in [7, 11) is 1.72. The van der Waals surface area contributed by atoms with E-state index in [4.69, 9.17) is 4.74 Å². The third-order valence-corrected chi connectivity index (χ3v) is 7.63. The van der Waals surface area contributed by atoms with E-state index in [1.54, 1.807) is 43.4 Å². The number of carbonyl (C=O) groups excluding carboxylic acids is 2. The summed E-state index contributed by atoms with van der Waals surface area (Å²) in [5.74, 6) is -0.691. The molecule has 2 aromatic heterocycles. The Morgan fingerprint density at radius 1 is 1.12 bits per heavy atom. The first kappa shape index (κ1) is 26.9. The Morgan fingerprint density at radius 3 is 2.61 bits per heavy atom. The number of likely N-dealkylation sites (tertiary alicyclic amines) is 1. The van der Waals surface area contributed by atoms with Crippen LogP contribution in [-0.2, 0) is 11.8 Å². The molecule has 6 rings (SSSR count). The zero-order valence-electron chi connectivity index (χ0n) is 23.5. The second kappa shape index (κ2) is 10.6. The Kier molecular flexibility index (Phi) is 6.94. The predicted molar refractivity (Wildman–Crippen MR) is 154 cm³/mol. The molecule has 0 saturated carbocycles. The zero-order valence-corrected chi connectivity index (χ0v) is 23.5. The van der Waals surface area contributed by atoms with E-state index in [9.17, 15) is 14.0 Å². The highest BCUT2D eigenvalue weighted by Crippen LogP contribution is 2.32. The molecule has 12 heteroatoms. The molecule has 0 radical (unpaired) electrons. The fraction of sp³-hybridized carbons (Fsp3) is 0.414. The number of fused-ring (bicyclic) bond motifs is 2. The molecule has 2 aliphatic heterocycles. The summed E-state index contributed by atoms with van der Waals surface area (Å²) in [5.41, 5.74) is 2.27. The van der Waals surface area contributed by atoms with Crippen LogP contribution in [0.15, 0.2) is 36.7 Å². The van der Waals surface area contributed by atoms with Crippen LogP contribution in [0, 0.1) is 11.7 Å². The number of amides is 2. The van der Waals surface area contributed by atoms with Crippen molar-refractivity contribution in [3.05, 3.63) is 48.0 Å². The van der Waals surface area contributed by atoms with Crippen molar-refractivity contribution >= 4 is 45.0 Å². The number of hydrogen-bond acceptors (Lipinski definition) is 8. The van der Waals surface area contributed by atoms with Crippen LogP contribution < -0.4 is 20.3 Å². The molecule has 0 aliphatic carbocycles. The molecule has 4 aromatic rings. The van der Waals surface area contributed by atoms with Gasteiger partial charge in [-0.05, 0) is 38.1 Å². The minimum Gasteiger partial charge on any atom is -0.463 e. The highest BCUT2D eigenvalue weighted by Gasteiger charge is 2.30. The van der Waals surface area contributed by atoms with Crippen molar-refractivity contribution in [1.82, 2.24) is 30.0 Å². The van der Waals surface area contributed by atoms with Gasteiger partial charge in [-0.25, -0.2) is 9.37 Å². The minimum absolute atomic E-state index is 0.0468. The maximum absolute atomic E-state index is 14.7. The molecule has 2 aliphatic rings. The quantitative estimate of drug-likeness (QED) is 0.370. The summed E-state index contributed by atoms with van der Waals surface area (Å²) in [6.45, 7) is 9.06. The average molecular weight is 561 g/mol. The number of nitrogens with one attached hydrogen (secondary N) is 2. The van der Waals surface area contributed by atoms with Gasteiger partial charge < -0.3 is 25.2 Å². The Labute approximate surface area is 236 Å². The summed E-state index contributed by atoms with van der Waals surface area (Å²) in [4.78, 5) is 38.3. The standard InChI is InChI=1S/C29H33FN8O3/c1-16-10-38(11-17(2)32-16)25-6-5-22(28(40)33-21-7-20-14-36(4)35-26(20)24(30)8-21)27-23(25)9-31-29(34-27)41-15-19-12-37(13-19)18(3)39/h5-9,14,16-17,19,32H,10-13,15H2,1-4H3,(H,33,40). The van der Waals surface area contributed by atoms with Crippen LogP contribution in [0.4, 0.5) is 15.8 Å². The number of anilines is 2. The van der Waals surface area contributed by atoms with Crippen molar-refractivity contribution in [3.8, 4) is 6.01 Å². The molecule has 2 saturated heterocycles. The maximum Gasteiger partial charge on any atom is 0.316 e. The van der Waals surface area contributed by atoms with Crippen LogP contribution in [0.25, 0.3) is 21.8 Å². The third kappa shape index (κ3) is 5.39. The summed E-state index contributed by atoms with van der Waals surface area (Å²) < 4.78 is 22.1. The smallest absolute Gasteiger partial charge is 0.316 e. The lowest BCUT2D eigenvalue weighted by Gasteiger charge is -2.38. The molecule has 0 bridgehead atoms. The van der Waals surface area contributed by atoms with Gasteiger partial charge in [-0.3, -0.25) is 14.3 Å². The SMILES string of the molecule is CC(=O)N1CC(COc2ncc3c(N4CC(C)NC(C)C4)ccc(C(=O)Nc4cc(F)c5nn(C)cc5c4)c3n2)C1. The van der Waals surface area contributed by atoms with E-state index in [-0.39, 0.29) is 35.4 Å². The number of ether oxygens (including phenoxy) is 1. The van der Waals surface area contributed by atoms with Crippen molar-refractivity contribution in [1.29, 1.82) is 0 Å². The number of nitrogens with zero attached hydrogens (tertiary/aromatic N) is 6. The fourth-order valence-electron chi connectivity index (χ4n) is 5.75. The van der Waals surface area contributed by atoms with Gasteiger partial charge in [0.05, 0.1) is 17.7 Å². The van der Waals surface area contributed by atoms with Crippen LogP contribution in [0.5, 0.6) is 6.01 Å². The van der Waals surface area contributed by atoms with E-state index in [0.29, 0.717) is 41.9 Å². The Hall–Kier alpha value is -4.32. The van der Waals surface area contributed by atoms with Crippen molar-refractivity contribution in [3.63, 3.8) is 0 Å². The molecule has 2 unspecified atom stereocenters. The first-order valence-corrected chi connectivity index (χ1v) is 13.8. The highest BCUT2D eigenvalue weighted by atomic mass is 19.1. The van der Waals surface area contributed by atoms with E-state index >= 15 is 0 Å². The van der Waals surface area contributed by atoms with Gasteiger partial charge >= 0.3 is 6.01 Å². The number of piperazine rings is 1. The maximum atomic E-state index is 14.7. The Morgan fingerprint density at radius 2 is 1.88 bits per heavy atom. The summed E-state index contributed by atoms with van der Waals surface area (Å²) in [6.07, 6.45) is 3.40. The molecule has 2 aromatic carbocycles. The van der Waals surface area contributed by atoms with Gasteiger partial charge in [0.25, 0.3) is 5.91 Å². The molecule has 0 spiro atoms. The number of aryl methyl sites for hydroxylation is 1. The van der Waals surface area contributed by atoms with Gasteiger partial charge in [-0.2, -0.15) is 10.1 Å². The van der Waals surface area contributed by atoms with Crippen molar-refractivity contribution < 1.29 is 18.7 Å². The van der Waals surface area contributed by atoms with Gasteiger partial charge in [-0.15, -0.1) is 0 Å². The first-order chi connectivity index (χ1) is 19.6. The van der Waals surface area contributed by atoms with Gasteiger partial charge in [-0.1, -0.05) is 0 Å². The van der Waals surface area contributed by atoms with E-state index < -0.39 is 11.7 Å². The first-order valence-electron chi connectivity index (χ1n) is 13.8. The molecule has 2 amide bonds. The molecule has 4 heterocycles. The lowest BCUT2D eigenvalue weighted by atomic mass is 10.0. The number of benzene rings is 2. The highest BCUT2D eigenvalue weighted by molar-refractivity contribution is 6.14. The van der Waals surface area contributed by atoms with Crippen LogP contribution >= 0.6 is 0 Å². The molecular formula is C29H33FN8O3. The molecule has 2 fully saturated rings. The van der Waals surface area contributed by atoms with Gasteiger partial charge in [0, 0.05) is 92.7 Å². The van der Waals surface area contributed by atoms with Crippen LogP contribution in [0.1, 0.15) is 31.1 Å². The Balaban J connectivity index is 1.32. The Bertz CT molecular complexity index is 1640. The second-order valence-electron chi connectivity index (χ2n) is 11.2. The number of halogens is 1. The van der Waals surface area contributed by atoms with Gasteiger partial charge in [0.1, 0.15) is 5.52 Å². The molecule has 2 atom stereocenters. The summed E-state index contributed by atoms with van der Waals surface area (Å²) in [6, 6.07) is 7.35. The average Bonchev–Trinajstić information content (AvgIpc) is 3.26. The van der Waals surface area contributed by atoms with E-state index in [1.807, 2.05) is 6.07 Å². The van der Waals surface area contributed by atoms with E-state index in [2.05, 4.69) is 44.4 Å². The lowest BCUT2D eigenvalue weighted by Crippen LogP contribution is -2.54. The topological polar surface area (TPSA) is 118 Å². The van der Waals surface area contributed by atoms with Crippen molar-refractivity contribution in [2.75, 3.05) is 43.0 Å². The van der Waals surface area contributed by atoms with E-state index in [1.165, 1.54) is 10.7 Å². The molecule has 41 heavy (non-hydrogen) atoms. The normalized spacial score (nSPS) is 19.4. The minimum atomic E-state index is -0.516. The van der Waals surface area contributed by atoms with Crippen LogP contribution in [0.2, 0.25) is 0 Å². The second-order valence-corrected chi connectivity index (χ2v) is 11.2. The van der Waals surface area contributed by atoms with Crippen LogP contribution in [0.3, 0.4) is 0 Å². The van der Waals surface area contributed by atoms with Crippen molar-refractivity contribution in [2.24, 2.45) is 13.0 Å². The number of carbonyl (C=O) groups is 2. The molecule has 11 nitrogen and oxygen atoms in total. The number of rotatable bonds is 6. The van der Waals surface area contributed by atoms with E-state index in [0.717, 1.165) is 24.2 Å². The monoisotopic (exact) mass is 560 g/mol.